The maximum atomic E-state index is 5.63. The van der Waals surface area contributed by atoms with E-state index in [1.165, 1.54) is 27.1 Å². The fraction of sp³-hybridized carbons (Fsp3) is 0.0333. The average molecular weight is 817 g/mol. The smallest absolute Gasteiger partial charge is 0.160 e. The molecule has 12 aromatic rings. The normalized spacial score (nSPS) is 11.6. The number of para-hydroxylation sites is 2. The fourth-order valence-corrected chi connectivity index (χ4v) is 9.71. The molecule has 0 aliphatic carbocycles. The zero-order chi connectivity index (χ0) is 42.7. The summed E-state index contributed by atoms with van der Waals surface area (Å²) in [7, 11) is 0. The zero-order valence-corrected chi connectivity index (χ0v) is 35.4. The predicted molar refractivity (Wildman–Crippen MR) is 267 cm³/mol. The summed E-state index contributed by atoms with van der Waals surface area (Å²) in [6, 6.07) is 69.5. The van der Waals surface area contributed by atoms with E-state index in [0.717, 1.165) is 99.6 Å². The number of nitrogens with zero attached hydrogens (tertiary/aromatic N) is 4. The van der Waals surface area contributed by atoms with Crippen molar-refractivity contribution >= 4 is 54.3 Å². The van der Waals surface area contributed by atoms with E-state index in [4.69, 9.17) is 19.9 Å². The molecule has 300 valence electrons. The van der Waals surface area contributed by atoms with Crippen molar-refractivity contribution < 1.29 is 0 Å². The van der Waals surface area contributed by atoms with Gasteiger partial charge in [0.25, 0.3) is 0 Å². The number of aryl methyl sites for hydroxylation is 2. The van der Waals surface area contributed by atoms with E-state index in [-0.39, 0.29) is 0 Å². The van der Waals surface area contributed by atoms with Crippen LogP contribution in [0.5, 0.6) is 0 Å². The second kappa shape index (κ2) is 15.2. The highest BCUT2D eigenvalue weighted by Gasteiger charge is 2.22. The Labute approximate surface area is 371 Å². The molecule has 3 aromatic heterocycles. The summed E-state index contributed by atoms with van der Waals surface area (Å²) >= 11 is 0. The average Bonchev–Trinajstić information content (AvgIpc) is 3.35. The van der Waals surface area contributed by atoms with Gasteiger partial charge >= 0.3 is 0 Å². The van der Waals surface area contributed by atoms with Crippen LogP contribution in [0.3, 0.4) is 0 Å². The molecular weight excluding hydrogens is 777 g/mol. The highest BCUT2D eigenvalue weighted by Crippen LogP contribution is 2.43. The van der Waals surface area contributed by atoms with Crippen molar-refractivity contribution in [3.63, 3.8) is 0 Å². The van der Waals surface area contributed by atoms with Crippen molar-refractivity contribution in [3.05, 3.63) is 218 Å². The van der Waals surface area contributed by atoms with Crippen LogP contribution in [-0.4, -0.2) is 19.9 Å². The van der Waals surface area contributed by atoms with Crippen molar-refractivity contribution in [2.24, 2.45) is 0 Å². The second-order valence-electron chi connectivity index (χ2n) is 16.7. The van der Waals surface area contributed by atoms with Gasteiger partial charge in [0.2, 0.25) is 0 Å². The molecule has 9 aromatic carbocycles. The molecule has 3 heterocycles. The number of hydrogen-bond acceptors (Lipinski definition) is 4. The lowest BCUT2D eigenvalue weighted by atomic mass is 9.89. The standard InChI is InChI=1S/C60H40N4/c1-37-33-43(51-24-9-17-41-19-11-31-61-56(41)51)27-29-46(37)58-55-36-45(50-23-7-15-39-13-3-5-21-48(39)50)35-54(53-26-8-16-40-14-4-6-22-49(40)53)59(55)64-60(63-58)47-30-28-44(34-38(47)2)52-25-10-18-42-20-12-32-62-57(42)52/h3-36H,1-2H3. The molecular formula is C60H40N4. The van der Waals surface area contributed by atoms with Crippen molar-refractivity contribution in [3.8, 4) is 67.2 Å². The van der Waals surface area contributed by atoms with Gasteiger partial charge in [0.1, 0.15) is 0 Å². The lowest BCUT2D eigenvalue weighted by molar-refractivity contribution is 1.21. The fourth-order valence-electron chi connectivity index (χ4n) is 9.71. The summed E-state index contributed by atoms with van der Waals surface area (Å²) in [5.74, 6) is 0.684. The van der Waals surface area contributed by atoms with E-state index in [1.807, 2.05) is 24.5 Å². The summed E-state index contributed by atoms with van der Waals surface area (Å²) in [5.41, 5.74) is 16.9. The number of hydrogen-bond donors (Lipinski definition) is 0. The Morgan fingerprint density at radius 1 is 0.297 bits per heavy atom. The Kier molecular flexibility index (Phi) is 8.91. The molecule has 0 aliphatic rings. The van der Waals surface area contributed by atoms with Crippen molar-refractivity contribution in [2.75, 3.05) is 0 Å². The molecule has 0 saturated carbocycles. The van der Waals surface area contributed by atoms with E-state index in [1.54, 1.807) is 0 Å². The highest BCUT2D eigenvalue weighted by atomic mass is 14.9. The van der Waals surface area contributed by atoms with Crippen LogP contribution in [0.25, 0.3) is 121 Å². The Bertz CT molecular complexity index is 3810. The van der Waals surface area contributed by atoms with Gasteiger partial charge in [-0.15, -0.1) is 0 Å². The van der Waals surface area contributed by atoms with Crippen molar-refractivity contribution in [2.45, 2.75) is 13.8 Å². The van der Waals surface area contributed by atoms with Crippen molar-refractivity contribution in [1.29, 1.82) is 0 Å². The van der Waals surface area contributed by atoms with Crippen LogP contribution in [0.15, 0.2) is 207 Å². The van der Waals surface area contributed by atoms with E-state index in [9.17, 15) is 0 Å². The Morgan fingerprint density at radius 2 is 0.797 bits per heavy atom. The number of fused-ring (bicyclic) bond motifs is 5. The van der Waals surface area contributed by atoms with Crippen LogP contribution < -0.4 is 0 Å². The number of benzene rings is 9. The molecule has 4 nitrogen and oxygen atoms in total. The first-order chi connectivity index (χ1) is 31.6. The van der Waals surface area contributed by atoms with Gasteiger partial charge in [-0.2, -0.15) is 0 Å². The Morgan fingerprint density at radius 3 is 1.41 bits per heavy atom. The second-order valence-corrected chi connectivity index (χ2v) is 16.7. The van der Waals surface area contributed by atoms with Crippen molar-refractivity contribution in [1.82, 2.24) is 19.9 Å². The minimum Gasteiger partial charge on any atom is -0.256 e. The third-order valence-corrected chi connectivity index (χ3v) is 12.8. The van der Waals surface area contributed by atoms with Gasteiger partial charge in [-0.25, -0.2) is 9.97 Å². The lowest BCUT2D eigenvalue weighted by Crippen LogP contribution is -2.00. The summed E-state index contributed by atoms with van der Waals surface area (Å²) < 4.78 is 0. The topological polar surface area (TPSA) is 51.6 Å². The maximum absolute atomic E-state index is 5.63. The molecule has 0 bridgehead atoms. The molecule has 0 unspecified atom stereocenters. The zero-order valence-electron chi connectivity index (χ0n) is 35.4. The molecule has 0 aliphatic heterocycles. The lowest BCUT2D eigenvalue weighted by Gasteiger charge is -2.19. The molecule has 64 heavy (non-hydrogen) atoms. The quantitative estimate of drug-likeness (QED) is 0.168. The molecule has 0 spiro atoms. The van der Waals surface area contributed by atoms with E-state index >= 15 is 0 Å². The number of pyridine rings is 2. The summed E-state index contributed by atoms with van der Waals surface area (Å²) in [6.45, 7) is 4.36. The van der Waals surface area contributed by atoms with Gasteiger partial charge in [0.05, 0.1) is 22.2 Å². The molecule has 12 rings (SSSR count). The molecule has 4 heteroatoms. The van der Waals surface area contributed by atoms with Crippen LogP contribution >= 0.6 is 0 Å². The highest BCUT2D eigenvalue weighted by molar-refractivity contribution is 6.11. The first-order valence-corrected chi connectivity index (χ1v) is 21.8. The summed E-state index contributed by atoms with van der Waals surface area (Å²) in [4.78, 5) is 20.8. The molecule has 0 saturated heterocycles. The van der Waals surface area contributed by atoms with Crippen LogP contribution in [-0.2, 0) is 0 Å². The number of rotatable bonds is 6. The monoisotopic (exact) mass is 816 g/mol. The van der Waals surface area contributed by atoms with Crippen LogP contribution in [0.2, 0.25) is 0 Å². The summed E-state index contributed by atoms with van der Waals surface area (Å²) in [5, 5.41) is 7.99. The van der Waals surface area contributed by atoms with E-state index in [0.29, 0.717) is 5.82 Å². The molecule has 0 atom stereocenters. The van der Waals surface area contributed by atoms with Gasteiger partial charge in [-0.1, -0.05) is 170 Å². The molecule has 0 fully saturated rings. The predicted octanol–water partition coefficient (Wildman–Crippen LogP) is 15.7. The molecule has 0 N–H and O–H groups in total. The molecule has 0 amide bonds. The molecule has 0 radical (unpaired) electrons. The Balaban J connectivity index is 1.14. The van der Waals surface area contributed by atoms with E-state index in [2.05, 4.69) is 196 Å². The van der Waals surface area contributed by atoms with Crippen LogP contribution in [0.4, 0.5) is 0 Å². The number of aromatic nitrogens is 4. The minimum absolute atomic E-state index is 0.684. The maximum Gasteiger partial charge on any atom is 0.160 e. The third-order valence-electron chi connectivity index (χ3n) is 12.8. The third kappa shape index (κ3) is 6.30. The van der Waals surface area contributed by atoms with Crippen LogP contribution in [0.1, 0.15) is 11.1 Å². The van der Waals surface area contributed by atoms with E-state index < -0.39 is 0 Å². The van der Waals surface area contributed by atoms with Gasteiger partial charge in [-0.05, 0) is 98.6 Å². The SMILES string of the molecule is Cc1cc(-c2cccc3cccnc23)ccc1-c1nc(-c2ccc(-c3cccc4cccnc34)cc2C)c2cc(-c3cccc4ccccc34)cc(-c3cccc4ccccc34)c2n1. The van der Waals surface area contributed by atoms with Gasteiger partial charge in [0, 0.05) is 56.4 Å². The first-order valence-electron chi connectivity index (χ1n) is 21.8. The largest absolute Gasteiger partial charge is 0.256 e. The first kappa shape index (κ1) is 37.4. The Hall–Kier alpha value is -8.34. The minimum atomic E-state index is 0.684. The van der Waals surface area contributed by atoms with Gasteiger partial charge < -0.3 is 0 Å². The van der Waals surface area contributed by atoms with Gasteiger partial charge in [0.15, 0.2) is 5.82 Å². The summed E-state index contributed by atoms with van der Waals surface area (Å²) in [6.07, 6.45) is 3.74. The van der Waals surface area contributed by atoms with Gasteiger partial charge in [-0.3, -0.25) is 9.97 Å². The van der Waals surface area contributed by atoms with Crippen LogP contribution in [0, 0.1) is 13.8 Å².